The zero-order valence-corrected chi connectivity index (χ0v) is 9.10. The highest BCUT2D eigenvalue weighted by Crippen LogP contribution is 2.12. The number of hydrogen-bond acceptors (Lipinski definition) is 2. The molecule has 0 N–H and O–H groups in total. The lowest BCUT2D eigenvalue weighted by molar-refractivity contribution is 0.112. The van der Waals surface area contributed by atoms with E-state index in [-0.39, 0.29) is 0 Å². The second-order valence-electron chi connectivity index (χ2n) is 3.31. The zero-order valence-electron chi connectivity index (χ0n) is 9.10. The summed E-state index contributed by atoms with van der Waals surface area (Å²) in [6.07, 6.45) is 5.58. The second-order valence-corrected chi connectivity index (χ2v) is 3.31. The third-order valence-corrected chi connectivity index (χ3v) is 1.80. The van der Waals surface area contributed by atoms with Crippen molar-refractivity contribution in [3.8, 4) is 0 Å². The van der Waals surface area contributed by atoms with E-state index in [1.807, 2.05) is 18.2 Å². The Hall–Kier alpha value is -1.70. The van der Waals surface area contributed by atoms with Crippen LogP contribution in [0.15, 0.2) is 36.7 Å². The van der Waals surface area contributed by atoms with Crippen LogP contribution in [-0.2, 0) is 0 Å². The normalized spacial score (nSPS) is 9.20. The Morgan fingerprint density at radius 3 is 2.60 bits per heavy atom. The first-order valence-corrected chi connectivity index (χ1v) is 5.10. The average molecular weight is 201 g/mol. The molecule has 78 valence electrons. The van der Waals surface area contributed by atoms with Gasteiger partial charge in [0.05, 0.1) is 0 Å². The number of hydrogen-bond donors (Lipinski definition) is 0. The van der Waals surface area contributed by atoms with Crippen LogP contribution < -0.4 is 0 Å². The minimum atomic E-state index is 0.690. The van der Waals surface area contributed by atoms with Crippen molar-refractivity contribution in [3.05, 3.63) is 42.2 Å². The number of aldehydes is 1. The summed E-state index contributed by atoms with van der Waals surface area (Å²) in [5, 5.41) is 2.11. The summed E-state index contributed by atoms with van der Waals surface area (Å²) in [5.74, 6) is 0. The summed E-state index contributed by atoms with van der Waals surface area (Å²) < 4.78 is 0. The van der Waals surface area contributed by atoms with E-state index in [1.165, 1.54) is 6.42 Å². The smallest absolute Gasteiger partial charge is 0.150 e. The van der Waals surface area contributed by atoms with Gasteiger partial charge in [0.1, 0.15) is 6.29 Å². The van der Waals surface area contributed by atoms with Gasteiger partial charge in [-0.25, -0.2) is 0 Å². The molecular formula is C13H15NO. The summed E-state index contributed by atoms with van der Waals surface area (Å²) in [7, 11) is 0. The van der Waals surface area contributed by atoms with Crippen molar-refractivity contribution in [1.82, 2.24) is 4.98 Å². The summed E-state index contributed by atoms with van der Waals surface area (Å²) in [5.41, 5.74) is 0.690. The van der Waals surface area contributed by atoms with Crippen molar-refractivity contribution in [1.29, 1.82) is 0 Å². The highest BCUT2D eigenvalue weighted by atomic mass is 16.1. The van der Waals surface area contributed by atoms with Gasteiger partial charge >= 0.3 is 0 Å². The second kappa shape index (κ2) is 5.91. The minimum absolute atomic E-state index is 0.690. The fraction of sp³-hybridized carbons (Fsp3) is 0.231. The topological polar surface area (TPSA) is 30.0 Å². The Morgan fingerprint density at radius 1 is 1.20 bits per heavy atom. The first-order valence-electron chi connectivity index (χ1n) is 5.10. The van der Waals surface area contributed by atoms with Crippen molar-refractivity contribution in [2.45, 2.75) is 20.3 Å². The van der Waals surface area contributed by atoms with E-state index in [0.29, 0.717) is 5.56 Å². The van der Waals surface area contributed by atoms with Crippen molar-refractivity contribution in [2.75, 3.05) is 0 Å². The molecule has 0 amide bonds. The van der Waals surface area contributed by atoms with Crippen molar-refractivity contribution >= 4 is 17.1 Å². The Labute approximate surface area is 90.0 Å². The fourth-order valence-electron chi connectivity index (χ4n) is 1.18. The van der Waals surface area contributed by atoms with E-state index >= 15 is 0 Å². The molecular weight excluding hydrogens is 186 g/mol. The van der Waals surface area contributed by atoms with Crippen molar-refractivity contribution in [3.63, 3.8) is 0 Å². The Balaban J connectivity index is 0.000000337. The van der Waals surface area contributed by atoms with Crippen LogP contribution in [0.1, 0.15) is 30.6 Å². The molecule has 0 fully saturated rings. The molecule has 2 aromatic rings. The van der Waals surface area contributed by atoms with Gasteiger partial charge in [0, 0.05) is 23.3 Å². The highest BCUT2D eigenvalue weighted by molar-refractivity contribution is 5.88. The number of carbonyl (C=O) groups excluding carboxylic acids is 1. The molecule has 2 nitrogen and oxygen atoms in total. The molecule has 1 heterocycles. The van der Waals surface area contributed by atoms with Crippen molar-refractivity contribution in [2.24, 2.45) is 0 Å². The molecule has 2 heteroatoms. The van der Waals surface area contributed by atoms with Crippen molar-refractivity contribution < 1.29 is 4.79 Å². The van der Waals surface area contributed by atoms with Gasteiger partial charge in [-0.15, -0.1) is 0 Å². The number of pyridine rings is 1. The zero-order chi connectivity index (χ0) is 11.1. The summed E-state index contributed by atoms with van der Waals surface area (Å²) in [6.45, 7) is 4.25. The van der Waals surface area contributed by atoms with Gasteiger partial charge in [-0.2, -0.15) is 0 Å². The first-order chi connectivity index (χ1) is 7.31. The van der Waals surface area contributed by atoms with E-state index in [9.17, 15) is 4.79 Å². The Bertz CT molecular complexity index is 437. The molecule has 0 aliphatic carbocycles. The van der Waals surface area contributed by atoms with Crippen LogP contribution in [0, 0.1) is 0 Å². The van der Waals surface area contributed by atoms with E-state index in [1.54, 1.807) is 18.5 Å². The third kappa shape index (κ3) is 3.17. The van der Waals surface area contributed by atoms with E-state index in [0.717, 1.165) is 17.1 Å². The summed E-state index contributed by atoms with van der Waals surface area (Å²) in [4.78, 5) is 14.4. The lowest BCUT2D eigenvalue weighted by Gasteiger charge is -1.95. The van der Waals surface area contributed by atoms with Gasteiger partial charge in [-0.1, -0.05) is 32.4 Å². The van der Waals surface area contributed by atoms with Gasteiger partial charge in [0.15, 0.2) is 0 Å². The van der Waals surface area contributed by atoms with E-state index in [2.05, 4.69) is 18.8 Å². The van der Waals surface area contributed by atoms with Crippen LogP contribution in [0.25, 0.3) is 10.8 Å². The van der Waals surface area contributed by atoms with Crippen LogP contribution in [0.4, 0.5) is 0 Å². The lowest BCUT2D eigenvalue weighted by atomic mass is 10.1. The average Bonchev–Trinajstić information content (AvgIpc) is 2.29. The maximum Gasteiger partial charge on any atom is 0.150 e. The van der Waals surface area contributed by atoms with Crippen LogP contribution in [-0.4, -0.2) is 11.3 Å². The molecule has 0 spiro atoms. The molecule has 0 saturated carbocycles. The summed E-state index contributed by atoms with van der Waals surface area (Å²) in [6, 6.07) is 7.47. The monoisotopic (exact) mass is 201 g/mol. The largest absolute Gasteiger partial charge is 0.298 e. The third-order valence-electron chi connectivity index (χ3n) is 1.80. The predicted octanol–water partition coefficient (Wildman–Crippen LogP) is 3.46. The number of aromatic nitrogens is 1. The molecule has 0 bridgehead atoms. The van der Waals surface area contributed by atoms with Crippen LogP contribution in [0.3, 0.4) is 0 Å². The van der Waals surface area contributed by atoms with Gasteiger partial charge < -0.3 is 0 Å². The van der Waals surface area contributed by atoms with Crippen LogP contribution in [0.2, 0.25) is 0 Å². The maximum absolute atomic E-state index is 10.4. The number of benzene rings is 1. The molecule has 0 unspecified atom stereocenters. The predicted molar refractivity (Wildman–Crippen MR) is 63.1 cm³/mol. The van der Waals surface area contributed by atoms with Gasteiger partial charge in [-0.05, 0) is 17.5 Å². The number of carbonyl (C=O) groups is 1. The number of rotatable bonds is 1. The van der Waals surface area contributed by atoms with E-state index < -0.39 is 0 Å². The molecule has 0 atom stereocenters. The molecule has 0 aliphatic rings. The SMILES string of the molecule is CCC.O=Cc1ccc2ccncc2c1. The Kier molecular flexibility index (Phi) is 4.48. The first kappa shape index (κ1) is 11.4. The van der Waals surface area contributed by atoms with Crippen LogP contribution in [0.5, 0.6) is 0 Å². The lowest BCUT2D eigenvalue weighted by Crippen LogP contribution is -1.80. The summed E-state index contributed by atoms with van der Waals surface area (Å²) >= 11 is 0. The number of fused-ring (bicyclic) bond motifs is 1. The molecule has 0 radical (unpaired) electrons. The highest BCUT2D eigenvalue weighted by Gasteiger charge is 1.93. The minimum Gasteiger partial charge on any atom is -0.298 e. The molecule has 0 aliphatic heterocycles. The van der Waals surface area contributed by atoms with Crippen LogP contribution >= 0.6 is 0 Å². The van der Waals surface area contributed by atoms with Gasteiger partial charge in [-0.3, -0.25) is 9.78 Å². The molecule has 1 aromatic carbocycles. The maximum atomic E-state index is 10.4. The van der Waals surface area contributed by atoms with Gasteiger partial charge in [0.25, 0.3) is 0 Å². The fourth-order valence-corrected chi connectivity index (χ4v) is 1.18. The van der Waals surface area contributed by atoms with E-state index in [4.69, 9.17) is 0 Å². The molecule has 1 aromatic heterocycles. The molecule has 15 heavy (non-hydrogen) atoms. The standard InChI is InChI=1S/C10H7NO.C3H8/c12-7-8-1-2-9-3-4-11-6-10(9)5-8;1-3-2/h1-7H;3H2,1-2H3. The molecule has 2 rings (SSSR count). The van der Waals surface area contributed by atoms with Gasteiger partial charge in [0.2, 0.25) is 0 Å². The quantitative estimate of drug-likeness (QED) is 0.661. The molecule has 0 saturated heterocycles. The Morgan fingerprint density at radius 2 is 1.93 bits per heavy atom. The number of nitrogens with zero attached hydrogens (tertiary/aromatic N) is 1.